The quantitative estimate of drug-likeness (QED) is 0.299. The van der Waals surface area contributed by atoms with Gasteiger partial charge >= 0.3 is 0 Å². The Balaban J connectivity index is 1.25. The van der Waals surface area contributed by atoms with E-state index in [-0.39, 0.29) is 11.9 Å². The van der Waals surface area contributed by atoms with E-state index in [0.717, 1.165) is 66.5 Å². The monoisotopic (exact) mass is 532 g/mol. The number of para-hydroxylation sites is 1. The normalized spacial score (nSPS) is 16.7. The van der Waals surface area contributed by atoms with Gasteiger partial charge in [0, 0.05) is 60.8 Å². The summed E-state index contributed by atoms with van der Waals surface area (Å²) in [7, 11) is 0. The first-order valence-electron chi connectivity index (χ1n) is 13.6. The molecular formula is C32H32N6O2. The van der Waals surface area contributed by atoms with Gasteiger partial charge in [0.05, 0.1) is 18.1 Å². The first-order chi connectivity index (χ1) is 19.6. The predicted molar refractivity (Wildman–Crippen MR) is 160 cm³/mol. The minimum atomic E-state index is -0.162. The number of hydrogen-bond donors (Lipinski definition) is 3. The molecule has 0 unspecified atom stereocenters. The van der Waals surface area contributed by atoms with Gasteiger partial charge in [-0.25, -0.2) is 4.98 Å². The van der Waals surface area contributed by atoms with Crippen LogP contribution in [0.25, 0.3) is 16.7 Å². The molecule has 2 aliphatic heterocycles. The molecule has 0 radical (unpaired) electrons. The van der Waals surface area contributed by atoms with Gasteiger partial charge in [-0.2, -0.15) is 0 Å². The number of nitrogens with one attached hydrogen (secondary N) is 3. The third-order valence-electron chi connectivity index (χ3n) is 7.10. The lowest BCUT2D eigenvalue weighted by molar-refractivity contribution is -0.111. The molecule has 202 valence electrons. The zero-order valence-corrected chi connectivity index (χ0v) is 22.4. The van der Waals surface area contributed by atoms with Crippen LogP contribution in [0.4, 0.5) is 17.2 Å². The van der Waals surface area contributed by atoms with Gasteiger partial charge in [0.25, 0.3) is 5.91 Å². The van der Waals surface area contributed by atoms with Crippen molar-refractivity contribution >= 4 is 28.7 Å². The Labute approximate surface area is 234 Å². The summed E-state index contributed by atoms with van der Waals surface area (Å²) in [6, 6.07) is 21.8. The summed E-state index contributed by atoms with van der Waals surface area (Å²) in [4.78, 5) is 24.8. The maximum Gasteiger partial charge on any atom is 0.256 e. The molecule has 2 aliphatic rings. The van der Waals surface area contributed by atoms with Crippen LogP contribution >= 0.6 is 0 Å². The van der Waals surface area contributed by atoms with Crippen molar-refractivity contribution in [3.8, 4) is 22.6 Å². The lowest BCUT2D eigenvalue weighted by Gasteiger charge is -2.28. The van der Waals surface area contributed by atoms with Crippen LogP contribution in [0.15, 0.2) is 91.4 Å². The van der Waals surface area contributed by atoms with E-state index in [4.69, 9.17) is 4.74 Å². The Hall–Kier alpha value is -4.69. The highest BCUT2D eigenvalue weighted by Gasteiger charge is 2.21. The first kappa shape index (κ1) is 25.6. The van der Waals surface area contributed by atoms with Crippen molar-refractivity contribution in [3.05, 3.63) is 97.0 Å². The van der Waals surface area contributed by atoms with Gasteiger partial charge in [-0.3, -0.25) is 9.78 Å². The molecule has 3 N–H and O–H groups in total. The number of pyridine rings is 2. The predicted octanol–water partition coefficient (Wildman–Crippen LogP) is 5.57. The number of anilines is 3. The fourth-order valence-electron chi connectivity index (χ4n) is 5.01. The van der Waals surface area contributed by atoms with Crippen LogP contribution in [0.5, 0.6) is 11.5 Å². The van der Waals surface area contributed by atoms with E-state index in [0.29, 0.717) is 17.0 Å². The van der Waals surface area contributed by atoms with Crippen molar-refractivity contribution in [2.45, 2.75) is 19.4 Å². The molecule has 1 amide bonds. The van der Waals surface area contributed by atoms with Gasteiger partial charge in [-0.15, -0.1) is 0 Å². The summed E-state index contributed by atoms with van der Waals surface area (Å²) < 4.78 is 6.00. The van der Waals surface area contributed by atoms with E-state index in [1.54, 1.807) is 18.6 Å². The maximum absolute atomic E-state index is 13.6. The molecule has 1 saturated heterocycles. The molecule has 2 aromatic carbocycles. The van der Waals surface area contributed by atoms with Crippen LogP contribution in [-0.2, 0) is 4.79 Å². The van der Waals surface area contributed by atoms with Crippen LogP contribution < -0.4 is 25.6 Å². The number of amides is 1. The number of nitrogens with zero attached hydrogens (tertiary/aromatic N) is 3. The van der Waals surface area contributed by atoms with Gasteiger partial charge in [-0.1, -0.05) is 30.3 Å². The van der Waals surface area contributed by atoms with Crippen LogP contribution in [0.3, 0.4) is 0 Å². The number of hydrogen-bond acceptors (Lipinski definition) is 7. The summed E-state index contributed by atoms with van der Waals surface area (Å²) in [5.74, 6) is 2.16. The molecular weight excluding hydrogens is 500 g/mol. The molecule has 8 heteroatoms. The topological polar surface area (TPSA) is 91.4 Å². The molecule has 6 rings (SSSR count). The molecule has 0 saturated carbocycles. The van der Waals surface area contributed by atoms with E-state index in [1.165, 1.54) is 0 Å². The van der Waals surface area contributed by atoms with Crippen LogP contribution in [0.1, 0.15) is 18.9 Å². The summed E-state index contributed by atoms with van der Waals surface area (Å²) in [5, 5.41) is 9.96. The third-order valence-corrected chi connectivity index (χ3v) is 7.10. The fourth-order valence-corrected chi connectivity index (χ4v) is 5.01. The van der Waals surface area contributed by atoms with Crippen molar-refractivity contribution in [1.29, 1.82) is 0 Å². The lowest BCUT2D eigenvalue weighted by Crippen LogP contribution is -2.43. The Morgan fingerprint density at radius 3 is 2.60 bits per heavy atom. The molecule has 40 heavy (non-hydrogen) atoms. The second-order valence-corrected chi connectivity index (χ2v) is 10.1. The first-order valence-corrected chi connectivity index (χ1v) is 13.6. The van der Waals surface area contributed by atoms with Crippen molar-refractivity contribution in [2.75, 3.05) is 41.7 Å². The van der Waals surface area contributed by atoms with Crippen molar-refractivity contribution in [3.63, 3.8) is 0 Å². The van der Waals surface area contributed by atoms with Crippen LogP contribution in [0.2, 0.25) is 0 Å². The van der Waals surface area contributed by atoms with E-state index < -0.39 is 0 Å². The molecule has 2 aromatic heterocycles. The Morgan fingerprint density at radius 2 is 1.80 bits per heavy atom. The van der Waals surface area contributed by atoms with Crippen molar-refractivity contribution in [2.24, 2.45) is 0 Å². The number of benzene rings is 2. The second-order valence-electron chi connectivity index (χ2n) is 10.1. The minimum absolute atomic E-state index is 0.162. The SMILES string of the molecule is C[C@H]1CC=C(C(=O)Nc2ccc(N3CCNCC3)nc2)c2cc(-c3cncc(Oc4ccccc4)c3)ccc2N1. The van der Waals surface area contributed by atoms with Crippen molar-refractivity contribution < 1.29 is 9.53 Å². The molecule has 0 aliphatic carbocycles. The van der Waals surface area contributed by atoms with Gasteiger partial charge in [-0.05, 0) is 61.4 Å². The second kappa shape index (κ2) is 11.6. The fraction of sp³-hybridized carbons (Fsp3) is 0.219. The van der Waals surface area contributed by atoms with E-state index >= 15 is 0 Å². The van der Waals surface area contributed by atoms with Gasteiger partial charge in [0.15, 0.2) is 0 Å². The largest absolute Gasteiger partial charge is 0.456 e. The smallest absolute Gasteiger partial charge is 0.256 e. The Bertz CT molecular complexity index is 1510. The number of carbonyl (C=O) groups is 1. The Kier molecular flexibility index (Phi) is 7.41. The van der Waals surface area contributed by atoms with E-state index in [9.17, 15) is 4.79 Å². The van der Waals surface area contributed by atoms with Crippen LogP contribution in [-0.4, -0.2) is 48.1 Å². The number of fused-ring (bicyclic) bond motifs is 1. The standard InChI is InChI=1S/C32H32N6O2/c1-22-7-10-28(32(39)37-25-9-12-31(35-20-25)38-15-13-33-14-16-38)29-18-23(8-11-30(29)36-22)24-17-27(21-34-19-24)40-26-5-3-2-4-6-26/h2-6,8-12,17-22,33,36H,7,13-16H2,1H3,(H,37,39)/t22-/m0/s1. The van der Waals surface area contributed by atoms with Gasteiger partial charge < -0.3 is 25.6 Å². The summed E-state index contributed by atoms with van der Waals surface area (Å²) in [6.07, 6.45) is 7.98. The molecule has 1 atom stereocenters. The summed E-state index contributed by atoms with van der Waals surface area (Å²) in [6.45, 7) is 5.85. The third kappa shape index (κ3) is 5.82. The minimum Gasteiger partial charge on any atom is -0.456 e. The van der Waals surface area contributed by atoms with Gasteiger partial charge in [0.2, 0.25) is 0 Å². The zero-order valence-electron chi connectivity index (χ0n) is 22.4. The zero-order chi connectivity index (χ0) is 27.3. The molecule has 4 heterocycles. The maximum atomic E-state index is 13.6. The number of rotatable bonds is 6. The molecule has 0 spiro atoms. The van der Waals surface area contributed by atoms with E-state index in [2.05, 4.69) is 37.7 Å². The average molecular weight is 533 g/mol. The molecule has 1 fully saturated rings. The molecule has 0 bridgehead atoms. The highest BCUT2D eigenvalue weighted by atomic mass is 16.5. The van der Waals surface area contributed by atoms with E-state index in [1.807, 2.05) is 72.8 Å². The number of aromatic nitrogens is 2. The summed E-state index contributed by atoms with van der Waals surface area (Å²) in [5.41, 5.74) is 4.92. The van der Waals surface area contributed by atoms with Crippen molar-refractivity contribution in [1.82, 2.24) is 15.3 Å². The molecule has 8 nitrogen and oxygen atoms in total. The lowest BCUT2D eigenvalue weighted by atomic mass is 9.97. The number of ether oxygens (including phenoxy) is 1. The highest BCUT2D eigenvalue weighted by Crippen LogP contribution is 2.35. The summed E-state index contributed by atoms with van der Waals surface area (Å²) >= 11 is 0. The Morgan fingerprint density at radius 1 is 0.950 bits per heavy atom. The molecule has 4 aromatic rings. The van der Waals surface area contributed by atoms with Gasteiger partial charge in [0.1, 0.15) is 17.3 Å². The highest BCUT2D eigenvalue weighted by molar-refractivity contribution is 6.26. The van der Waals surface area contributed by atoms with Crippen LogP contribution in [0, 0.1) is 0 Å². The average Bonchev–Trinajstić information content (AvgIpc) is 3.16. The number of piperazine rings is 1. The number of carbonyl (C=O) groups excluding carboxylic acids is 1.